The Bertz CT molecular complexity index is 1170. The molecule has 5 rings (SSSR count). The summed E-state index contributed by atoms with van der Waals surface area (Å²) in [4.78, 5) is 6.81. The number of nitrogens with zero attached hydrogens (tertiary/aromatic N) is 6. The van der Waals surface area contributed by atoms with E-state index in [1.54, 1.807) is 11.8 Å². The van der Waals surface area contributed by atoms with Gasteiger partial charge in [-0.1, -0.05) is 78.4 Å². The maximum Gasteiger partial charge on any atom is 0.237 e. The molecular formula is C24H26N6O2S. The first-order chi connectivity index (χ1) is 16.3. The maximum atomic E-state index is 5.51. The molecule has 1 aliphatic rings. The van der Waals surface area contributed by atoms with Gasteiger partial charge < -0.3 is 14.2 Å². The molecule has 1 aliphatic heterocycles. The Morgan fingerprint density at radius 2 is 1.73 bits per heavy atom. The van der Waals surface area contributed by atoms with Crippen molar-refractivity contribution in [3.8, 4) is 11.4 Å². The average molecular weight is 463 g/mol. The average Bonchev–Trinajstić information content (AvgIpc) is 3.51. The first kappa shape index (κ1) is 21.7. The molecule has 2 aromatic carbocycles. The van der Waals surface area contributed by atoms with Gasteiger partial charge in [0.2, 0.25) is 17.7 Å². The summed E-state index contributed by atoms with van der Waals surface area (Å²) in [5.41, 5.74) is 3.44. The van der Waals surface area contributed by atoms with Gasteiger partial charge in [0.15, 0.2) is 5.16 Å². The zero-order chi connectivity index (χ0) is 22.5. The van der Waals surface area contributed by atoms with E-state index in [9.17, 15) is 0 Å². The monoisotopic (exact) mass is 462 g/mol. The van der Waals surface area contributed by atoms with Gasteiger partial charge in [0.1, 0.15) is 0 Å². The molecule has 0 bridgehead atoms. The zero-order valence-electron chi connectivity index (χ0n) is 18.6. The molecule has 0 saturated carbocycles. The van der Waals surface area contributed by atoms with Crippen molar-refractivity contribution in [2.45, 2.75) is 30.8 Å². The minimum Gasteiger partial charge on any atom is -0.378 e. The zero-order valence-corrected chi connectivity index (χ0v) is 19.4. The molecule has 1 fully saturated rings. The molecule has 4 aromatic rings. The molecule has 9 heteroatoms. The standard InChI is InChI=1S/C24H26N6O2S/c1-2-18-8-10-20(11-9-18)22-25-21(32-28-22)17-33-24-27-26-23(29-12-14-31-15-13-29)30(24)16-19-6-4-3-5-7-19/h3-11H,2,12-17H2,1H3. The van der Waals surface area contributed by atoms with E-state index in [1.165, 1.54) is 11.1 Å². The van der Waals surface area contributed by atoms with Gasteiger partial charge in [-0.15, -0.1) is 10.2 Å². The Kier molecular flexibility index (Phi) is 6.68. The number of morpholine rings is 1. The van der Waals surface area contributed by atoms with E-state index in [-0.39, 0.29) is 0 Å². The molecule has 0 atom stereocenters. The fourth-order valence-electron chi connectivity index (χ4n) is 3.74. The molecule has 0 unspecified atom stereocenters. The molecule has 0 spiro atoms. The van der Waals surface area contributed by atoms with Crippen LogP contribution in [0.3, 0.4) is 0 Å². The van der Waals surface area contributed by atoms with Crippen LogP contribution in [0.15, 0.2) is 64.3 Å². The van der Waals surface area contributed by atoms with Gasteiger partial charge in [-0.3, -0.25) is 4.57 Å². The van der Waals surface area contributed by atoms with E-state index >= 15 is 0 Å². The number of anilines is 1. The summed E-state index contributed by atoms with van der Waals surface area (Å²) in [5.74, 6) is 2.56. The molecule has 0 radical (unpaired) electrons. The predicted molar refractivity (Wildman–Crippen MR) is 127 cm³/mol. The second-order valence-corrected chi connectivity index (χ2v) is 8.75. The van der Waals surface area contributed by atoms with Gasteiger partial charge >= 0.3 is 0 Å². The largest absolute Gasteiger partial charge is 0.378 e. The minimum absolute atomic E-state index is 0.524. The van der Waals surface area contributed by atoms with Crippen molar-refractivity contribution in [3.63, 3.8) is 0 Å². The lowest BCUT2D eigenvalue weighted by Crippen LogP contribution is -2.38. The van der Waals surface area contributed by atoms with Gasteiger partial charge in [0.25, 0.3) is 0 Å². The summed E-state index contributed by atoms with van der Waals surface area (Å²) in [6, 6.07) is 18.6. The third kappa shape index (κ3) is 5.09. The van der Waals surface area contributed by atoms with Crippen LogP contribution in [0.5, 0.6) is 0 Å². The van der Waals surface area contributed by atoms with E-state index in [4.69, 9.17) is 9.26 Å². The van der Waals surface area contributed by atoms with Crippen LogP contribution in [0.2, 0.25) is 0 Å². The Morgan fingerprint density at radius 3 is 2.48 bits per heavy atom. The number of hydrogen-bond donors (Lipinski definition) is 0. The number of ether oxygens (including phenoxy) is 1. The number of thioether (sulfide) groups is 1. The van der Waals surface area contributed by atoms with Crippen LogP contribution < -0.4 is 4.90 Å². The Morgan fingerprint density at radius 1 is 0.939 bits per heavy atom. The lowest BCUT2D eigenvalue weighted by Gasteiger charge is -2.28. The molecule has 170 valence electrons. The van der Waals surface area contributed by atoms with Crippen LogP contribution >= 0.6 is 11.8 Å². The highest BCUT2D eigenvalue weighted by Crippen LogP contribution is 2.27. The Hall–Kier alpha value is -3.17. The summed E-state index contributed by atoms with van der Waals surface area (Å²) in [5, 5.41) is 14.0. The van der Waals surface area contributed by atoms with Gasteiger partial charge in [0.05, 0.1) is 25.5 Å². The van der Waals surface area contributed by atoms with Crippen molar-refractivity contribution in [2.24, 2.45) is 0 Å². The second kappa shape index (κ2) is 10.2. The highest BCUT2D eigenvalue weighted by atomic mass is 32.2. The maximum absolute atomic E-state index is 5.51. The number of hydrogen-bond acceptors (Lipinski definition) is 8. The van der Waals surface area contributed by atoms with E-state index in [0.717, 1.165) is 36.2 Å². The van der Waals surface area contributed by atoms with Crippen LogP contribution in [0.1, 0.15) is 23.9 Å². The van der Waals surface area contributed by atoms with E-state index in [1.807, 2.05) is 30.3 Å². The molecule has 0 amide bonds. The highest BCUT2D eigenvalue weighted by Gasteiger charge is 2.21. The molecular weight excluding hydrogens is 436 g/mol. The molecule has 8 nitrogen and oxygen atoms in total. The fraction of sp³-hybridized carbons (Fsp3) is 0.333. The van der Waals surface area contributed by atoms with Crippen molar-refractivity contribution in [3.05, 3.63) is 71.6 Å². The quantitative estimate of drug-likeness (QED) is 0.363. The molecule has 0 N–H and O–H groups in total. The third-order valence-electron chi connectivity index (χ3n) is 5.59. The smallest absolute Gasteiger partial charge is 0.237 e. The summed E-state index contributed by atoms with van der Waals surface area (Å²) >= 11 is 1.55. The molecule has 1 saturated heterocycles. The van der Waals surface area contributed by atoms with Crippen LogP contribution in [0, 0.1) is 0 Å². The first-order valence-corrected chi connectivity index (χ1v) is 12.1. The second-order valence-electron chi connectivity index (χ2n) is 7.80. The molecule has 33 heavy (non-hydrogen) atoms. The van der Waals surface area contributed by atoms with Crippen LogP contribution in [-0.2, 0) is 23.5 Å². The predicted octanol–water partition coefficient (Wildman–Crippen LogP) is 4.07. The first-order valence-electron chi connectivity index (χ1n) is 11.1. The van der Waals surface area contributed by atoms with Crippen LogP contribution in [0.25, 0.3) is 11.4 Å². The van der Waals surface area contributed by atoms with Crippen molar-refractivity contribution in [2.75, 3.05) is 31.2 Å². The summed E-state index contributed by atoms with van der Waals surface area (Å²) in [6.45, 7) is 5.85. The minimum atomic E-state index is 0.524. The van der Waals surface area contributed by atoms with Gasteiger partial charge in [0, 0.05) is 18.7 Å². The third-order valence-corrected chi connectivity index (χ3v) is 6.54. The topological polar surface area (TPSA) is 82.1 Å². The SMILES string of the molecule is CCc1ccc(-c2noc(CSc3nnc(N4CCOCC4)n3Cc3ccccc3)n2)cc1. The van der Waals surface area contributed by atoms with Crippen molar-refractivity contribution in [1.29, 1.82) is 0 Å². The normalized spacial score (nSPS) is 14.0. The Labute approximate surface area is 197 Å². The van der Waals surface area contributed by atoms with Crippen LogP contribution in [0.4, 0.5) is 5.95 Å². The van der Waals surface area contributed by atoms with E-state index in [0.29, 0.717) is 37.2 Å². The molecule has 3 heterocycles. The van der Waals surface area contributed by atoms with Crippen molar-refractivity contribution >= 4 is 17.7 Å². The van der Waals surface area contributed by atoms with Gasteiger partial charge in [-0.2, -0.15) is 4.98 Å². The highest BCUT2D eigenvalue weighted by molar-refractivity contribution is 7.98. The van der Waals surface area contributed by atoms with Gasteiger partial charge in [-0.25, -0.2) is 0 Å². The summed E-state index contributed by atoms with van der Waals surface area (Å²) in [7, 11) is 0. The molecule has 2 aromatic heterocycles. The lowest BCUT2D eigenvalue weighted by atomic mass is 10.1. The number of benzene rings is 2. The number of rotatable bonds is 8. The Balaban J connectivity index is 1.33. The van der Waals surface area contributed by atoms with E-state index < -0.39 is 0 Å². The molecule has 0 aliphatic carbocycles. The fourth-order valence-corrected chi connectivity index (χ4v) is 4.51. The lowest BCUT2D eigenvalue weighted by molar-refractivity contribution is 0.121. The van der Waals surface area contributed by atoms with Gasteiger partial charge in [-0.05, 0) is 17.5 Å². The summed E-state index contributed by atoms with van der Waals surface area (Å²) < 4.78 is 13.2. The number of aromatic nitrogens is 5. The van der Waals surface area contributed by atoms with Crippen molar-refractivity contribution in [1.82, 2.24) is 24.9 Å². The van der Waals surface area contributed by atoms with E-state index in [2.05, 4.69) is 61.0 Å². The van der Waals surface area contributed by atoms with Crippen molar-refractivity contribution < 1.29 is 9.26 Å². The summed E-state index contributed by atoms with van der Waals surface area (Å²) in [6.07, 6.45) is 1.00. The van der Waals surface area contributed by atoms with Crippen LogP contribution in [-0.4, -0.2) is 51.2 Å². The number of aryl methyl sites for hydroxylation is 1.